The molecule has 1 aromatic carbocycles. The Bertz CT molecular complexity index is 320. The van der Waals surface area contributed by atoms with Crippen LogP contribution in [-0.4, -0.2) is 25.0 Å². The van der Waals surface area contributed by atoms with Gasteiger partial charge < -0.3 is 10.6 Å². The Morgan fingerprint density at radius 3 is 2.69 bits per heavy atom. The van der Waals surface area contributed by atoms with Gasteiger partial charge in [-0.25, -0.2) is 4.99 Å². The first-order valence-corrected chi connectivity index (χ1v) is 4.54. The highest BCUT2D eigenvalue weighted by molar-refractivity contribution is 7.27. The number of hydrogen-bond donors (Lipinski definition) is 1. The molecule has 0 amide bonds. The number of nitrogens with zero attached hydrogens (tertiary/aromatic N) is 2. The molecular formula is C9H14N3P. The van der Waals surface area contributed by atoms with Gasteiger partial charge in [-0.05, 0) is 17.4 Å². The molecular weight excluding hydrogens is 181 g/mol. The fourth-order valence-electron chi connectivity index (χ4n) is 0.827. The fraction of sp³-hybridized carbons (Fsp3) is 0.222. The molecule has 0 aromatic heterocycles. The van der Waals surface area contributed by atoms with Gasteiger partial charge in [-0.1, -0.05) is 12.1 Å². The zero-order chi connectivity index (χ0) is 9.84. The van der Waals surface area contributed by atoms with Crippen molar-refractivity contribution in [2.75, 3.05) is 14.1 Å². The fourth-order valence-corrected chi connectivity index (χ4v) is 1.11. The minimum absolute atomic E-state index is 0.510. The molecule has 0 aliphatic carbocycles. The third-order valence-electron chi connectivity index (χ3n) is 1.57. The van der Waals surface area contributed by atoms with Crippen LogP contribution in [-0.2, 0) is 0 Å². The van der Waals surface area contributed by atoms with E-state index in [0.717, 1.165) is 11.0 Å². The lowest BCUT2D eigenvalue weighted by Crippen LogP contribution is -2.29. The maximum absolute atomic E-state index is 5.67. The quantitative estimate of drug-likeness (QED) is 0.407. The highest BCUT2D eigenvalue weighted by Gasteiger charge is 1.95. The molecule has 0 fully saturated rings. The Hall–Kier alpha value is -1.08. The second-order valence-corrected chi connectivity index (χ2v) is 3.63. The van der Waals surface area contributed by atoms with Gasteiger partial charge in [0.1, 0.15) is 0 Å². The van der Waals surface area contributed by atoms with E-state index in [9.17, 15) is 0 Å². The molecule has 1 unspecified atom stereocenters. The highest BCUT2D eigenvalue weighted by Crippen LogP contribution is 2.09. The summed E-state index contributed by atoms with van der Waals surface area (Å²) in [7, 11) is 6.35. The average molecular weight is 195 g/mol. The molecule has 0 aliphatic rings. The van der Waals surface area contributed by atoms with E-state index in [1.54, 1.807) is 4.90 Å². The van der Waals surface area contributed by atoms with E-state index in [0.29, 0.717) is 5.96 Å². The van der Waals surface area contributed by atoms with E-state index in [2.05, 4.69) is 14.2 Å². The molecule has 1 atom stereocenters. The molecule has 13 heavy (non-hydrogen) atoms. The molecule has 2 N–H and O–H groups in total. The van der Waals surface area contributed by atoms with Gasteiger partial charge in [0.25, 0.3) is 0 Å². The van der Waals surface area contributed by atoms with E-state index in [-0.39, 0.29) is 0 Å². The molecule has 0 radical (unpaired) electrons. The summed E-state index contributed by atoms with van der Waals surface area (Å²) in [5, 5.41) is 1.10. The van der Waals surface area contributed by atoms with Gasteiger partial charge in [0.2, 0.25) is 0 Å². The van der Waals surface area contributed by atoms with Crippen LogP contribution in [0.25, 0.3) is 0 Å². The third-order valence-corrected chi connectivity index (χ3v) is 1.93. The van der Waals surface area contributed by atoms with Crippen LogP contribution in [0.3, 0.4) is 0 Å². The van der Waals surface area contributed by atoms with Crippen LogP contribution in [0.2, 0.25) is 0 Å². The maximum atomic E-state index is 5.67. The largest absolute Gasteiger partial charge is 0.370 e. The van der Waals surface area contributed by atoms with Crippen molar-refractivity contribution in [3.8, 4) is 0 Å². The number of benzene rings is 1. The monoisotopic (exact) mass is 195 g/mol. The Balaban J connectivity index is 2.91. The van der Waals surface area contributed by atoms with Crippen molar-refractivity contribution in [2.45, 2.75) is 0 Å². The molecule has 0 saturated heterocycles. The Kier molecular flexibility index (Phi) is 3.26. The van der Waals surface area contributed by atoms with Gasteiger partial charge in [0.05, 0.1) is 5.69 Å². The lowest BCUT2D eigenvalue weighted by atomic mass is 10.3. The van der Waals surface area contributed by atoms with Gasteiger partial charge >= 0.3 is 0 Å². The van der Waals surface area contributed by atoms with Gasteiger partial charge in [-0.2, -0.15) is 0 Å². The van der Waals surface area contributed by atoms with E-state index in [1.807, 2.05) is 38.4 Å². The molecule has 0 aliphatic heterocycles. The summed E-state index contributed by atoms with van der Waals surface area (Å²) in [4.78, 5) is 6.00. The van der Waals surface area contributed by atoms with Crippen molar-refractivity contribution in [1.29, 1.82) is 0 Å². The van der Waals surface area contributed by atoms with Crippen molar-refractivity contribution < 1.29 is 0 Å². The van der Waals surface area contributed by atoms with Crippen LogP contribution in [0.1, 0.15) is 0 Å². The number of nitrogens with two attached hydrogens (primary N) is 1. The van der Waals surface area contributed by atoms with Crippen LogP contribution in [0.15, 0.2) is 29.3 Å². The molecule has 1 rings (SSSR count). The molecule has 3 nitrogen and oxygen atoms in total. The standard InChI is InChI=1S/C9H14N3P/c1-12(2)9(10)11-7-4-3-5-8(13)6-7/h3-6H,13H2,1-2H3,(H2,10,11). The first-order valence-electron chi connectivity index (χ1n) is 3.96. The summed E-state index contributed by atoms with van der Waals surface area (Å²) in [5.41, 5.74) is 6.54. The SMILES string of the molecule is CN(C)C(N)=Nc1cccc(P)c1. The van der Waals surface area contributed by atoms with Crippen molar-refractivity contribution >= 4 is 26.2 Å². The lowest BCUT2D eigenvalue weighted by molar-refractivity contribution is 0.615. The second kappa shape index (κ2) is 4.24. The minimum Gasteiger partial charge on any atom is -0.370 e. The molecule has 1 aromatic rings. The predicted octanol–water partition coefficient (Wildman–Crippen LogP) is 0.695. The van der Waals surface area contributed by atoms with Crippen LogP contribution in [0.4, 0.5) is 5.69 Å². The zero-order valence-corrected chi connectivity index (χ0v) is 9.01. The van der Waals surface area contributed by atoms with Crippen molar-refractivity contribution in [3.05, 3.63) is 24.3 Å². The van der Waals surface area contributed by atoms with Crippen LogP contribution >= 0.6 is 9.24 Å². The number of hydrogen-bond acceptors (Lipinski definition) is 1. The summed E-state index contributed by atoms with van der Waals surface area (Å²) in [6, 6.07) is 7.82. The normalized spacial score (nSPS) is 11.5. The third kappa shape index (κ3) is 3.03. The summed E-state index contributed by atoms with van der Waals surface area (Å²) in [5.74, 6) is 0.510. The van der Waals surface area contributed by atoms with E-state index < -0.39 is 0 Å². The lowest BCUT2D eigenvalue weighted by Gasteiger charge is -2.10. The summed E-state index contributed by atoms with van der Waals surface area (Å²) in [6.07, 6.45) is 0. The van der Waals surface area contributed by atoms with Gasteiger partial charge in [-0.15, -0.1) is 9.24 Å². The van der Waals surface area contributed by atoms with Crippen LogP contribution < -0.4 is 11.0 Å². The number of aliphatic imine (C=N–C) groups is 1. The molecule has 0 heterocycles. The minimum atomic E-state index is 0.510. The van der Waals surface area contributed by atoms with E-state index in [1.165, 1.54) is 0 Å². The predicted molar refractivity (Wildman–Crippen MR) is 60.8 cm³/mol. The Labute approximate surface area is 80.9 Å². The number of guanidine groups is 1. The Morgan fingerprint density at radius 1 is 1.46 bits per heavy atom. The maximum Gasteiger partial charge on any atom is 0.195 e. The molecule has 4 heteroatoms. The topological polar surface area (TPSA) is 41.6 Å². The van der Waals surface area contributed by atoms with Crippen molar-refractivity contribution in [2.24, 2.45) is 10.7 Å². The summed E-state index contributed by atoms with van der Waals surface area (Å²) < 4.78 is 0. The average Bonchev–Trinajstić information content (AvgIpc) is 2.04. The van der Waals surface area contributed by atoms with Crippen LogP contribution in [0.5, 0.6) is 0 Å². The van der Waals surface area contributed by atoms with E-state index in [4.69, 9.17) is 5.73 Å². The zero-order valence-electron chi connectivity index (χ0n) is 7.86. The van der Waals surface area contributed by atoms with Gasteiger partial charge in [-0.3, -0.25) is 0 Å². The number of rotatable bonds is 1. The first-order chi connectivity index (χ1) is 6.09. The molecule has 0 spiro atoms. The Morgan fingerprint density at radius 2 is 2.15 bits per heavy atom. The highest BCUT2D eigenvalue weighted by atomic mass is 31.0. The second-order valence-electron chi connectivity index (χ2n) is 2.96. The van der Waals surface area contributed by atoms with Crippen LogP contribution in [0, 0.1) is 0 Å². The first kappa shape index (κ1) is 10.0. The summed E-state index contributed by atoms with van der Waals surface area (Å²) >= 11 is 0. The van der Waals surface area contributed by atoms with E-state index >= 15 is 0 Å². The summed E-state index contributed by atoms with van der Waals surface area (Å²) in [6.45, 7) is 0. The molecule has 70 valence electrons. The van der Waals surface area contributed by atoms with Gasteiger partial charge in [0.15, 0.2) is 5.96 Å². The van der Waals surface area contributed by atoms with Crippen molar-refractivity contribution in [3.63, 3.8) is 0 Å². The smallest absolute Gasteiger partial charge is 0.195 e. The molecule has 0 bridgehead atoms. The van der Waals surface area contributed by atoms with Gasteiger partial charge in [0, 0.05) is 14.1 Å². The van der Waals surface area contributed by atoms with Crippen molar-refractivity contribution in [1.82, 2.24) is 4.90 Å². The molecule has 0 saturated carbocycles.